The molecule has 1 heterocycles. The largest absolute Gasteiger partial charge is 0.370 e. The molecule has 0 saturated carbocycles. The lowest BCUT2D eigenvalue weighted by molar-refractivity contribution is -0.135. The van der Waals surface area contributed by atoms with Crippen molar-refractivity contribution in [2.75, 3.05) is 18.6 Å². The van der Waals surface area contributed by atoms with Gasteiger partial charge in [-0.25, -0.2) is 0 Å². The van der Waals surface area contributed by atoms with Gasteiger partial charge in [0.2, 0.25) is 35.4 Å². The number of benzene rings is 3. The van der Waals surface area contributed by atoms with Crippen molar-refractivity contribution in [1.29, 1.82) is 0 Å². The molecule has 0 bridgehead atoms. The number of hydrogen-bond donors (Lipinski definition) is 10. The predicted molar refractivity (Wildman–Crippen MR) is 251 cm³/mol. The van der Waals surface area contributed by atoms with Gasteiger partial charge >= 0.3 is 0 Å². The van der Waals surface area contributed by atoms with Gasteiger partial charge in [-0.15, -0.1) is 0 Å². The van der Waals surface area contributed by atoms with Crippen LogP contribution in [0.25, 0.3) is 10.9 Å². The molecule has 0 aliphatic heterocycles. The summed E-state index contributed by atoms with van der Waals surface area (Å²) in [5, 5.41) is 15.0. The predicted octanol–water partition coefficient (Wildman–Crippen LogP) is 1.29. The third-order valence-electron chi connectivity index (χ3n) is 10.9. The van der Waals surface area contributed by atoms with Crippen LogP contribution >= 0.6 is 11.8 Å². The zero-order valence-electron chi connectivity index (χ0n) is 36.7. The SMILES string of the molecule is CC[C@@H](C)[C@@H](NC(=O)[C@@H](Cc1ccccc1)NC(=O)[C@H](Cc1c[nH]c2ccccc12)NC(=O)[C@@H](N)CCCN=C(N)N)C(=O)N[C@H](Cc1ccccc1)C(=O)N[C@H](CCSC)C(N)=O. The molecule has 0 aliphatic rings. The molecule has 6 amide bonds. The minimum atomic E-state index is -1.22. The van der Waals surface area contributed by atoms with Gasteiger partial charge in [0.25, 0.3) is 0 Å². The van der Waals surface area contributed by atoms with Crippen molar-refractivity contribution in [2.45, 2.75) is 95.0 Å². The van der Waals surface area contributed by atoms with Crippen LogP contribution in [0.2, 0.25) is 0 Å². The van der Waals surface area contributed by atoms with Crippen molar-refractivity contribution in [3.05, 3.63) is 108 Å². The molecule has 3 aromatic carbocycles. The van der Waals surface area contributed by atoms with Gasteiger partial charge < -0.3 is 54.5 Å². The molecule has 344 valence electrons. The van der Waals surface area contributed by atoms with Gasteiger partial charge in [0, 0.05) is 42.9 Å². The molecule has 0 aliphatic carbocycles. The maximum Gasteiger partial charge on any atom is 0.243 e. The van der Waals surface area contributed by atoms with Crippen LogP contribution in [-0.4, -0.2) is 101 Å². The Balaban J connectivity index is 1.62. The second-order valence-electron chi connectivity index (χ2n) is 15.8. The molecule has 0 radical (unpaired) electrons. The maximum absolute atomic E-state index is 14.5. The van der Waals surface area contributed by atoms with E-state index in [4.69, 9.17) is 22.9 Å². The molecular weight excluding hydrogens is 835 g/mol. The summed E-state index contributed by atoms with van der Waals surface area (Å²) in [7, 11) is 0. The summed E-state index contributed by atoms with van der Waals surface area (Å²) in [4.78, 5) is 90.0. The van der Waals surface area contributed by atoms with Crippen LogP contribution in [0.4, 0.5) is 0 Å². The Morgan fingerprint density at radius 2 is 1.17 bits per heavy atom. The van der Waals surface area contributed by atoms with Crippen molar-refractivity contribution in [2.24, 2.45) is 33.8 Å². The fraction of sp³-hybridized carbons (Fsp3) is 0.413. The van der Waals surface area contributed by atoms with E-state index in [1.807, 2.05) is 86.0 Å². The Kier molecular flexibility index (Phi) is 20.1. The molecule has 7 atom stereocenters. The van der Waals surface area contributed by atoms with Crippen molar-refractivity contribution < 1.29 is 28.8 Å². The number of aromatic nitrogens is 1. The first-order chi connectivity index (χ1) is 30.7. The highest BCUT2D eigenvalue weighted by molar-refractivity contribution is 7.98. The first-order valence-electron chi connectivity index (χ1n) is 21.4. The molecule has 17 nitrogen and oxygen atoms in total. The Morgan fingerprint density at radius 1 is 0.656 bits per heavy atom. The number of nitrogens with one attached hydrogen (secondary N) is 6. The summed E-state index contributed by atoms with van der Waals surface area (Å²) in [5.74, 6) is -3.79. The maximum atomic E-state index is 14.5. The van der Waals surface area contributed by atoms with Crippen LogP contribution in [0.1, 0.15) is 56.2 Å². The van der Waals surface area contributed by atoms with E-state index < -0.39 is 77.6 Å². The lowest BCUT2D eigenvalue weighted by Gasteiger charge is -2.29. The summed E-state index contributed by atoms with van der Waals surface area (Å²) in [6.45, 7) is 3.92. The van der Waals surface area contributed by atoms with E-state index in [9.17, 15) is 28.8 Å². The lowest BCUT2D eigenvalue weighted by atomic mass is 9.96. The van der Waals surface area contributed by atoms with E-state index in [1.54, 1.807) is 25.3 Å². The number of carbonyl (C=O) groups is 6. The molecule has 18 heteroatoms. The number of H-pyrrole nitrogens is 1. The van der Waals surface area contributed by atoms with Crippen LogP contribution in [0.15, 0.2) is 96.1 Å². The van der Waals surface area contributed by atoms with Crippen LogP contribution in [0.5, 0.6) is 0 Å². The number of aromatic amines is 1. The third kappa shape index (κ3) is 15.7. The highest BCUT2D eigenvalue weighted by atomic mass is 32.2. The Morgan fingerprint density at radius 3 is 1.73 bits per heavy atom. The van der Waals surface area contributed by atoms with Crippen LogP contribution < -0.4 is 49.5 Å². The number of guanidine groups is 1. The van der Waals surface area contributed by atoms with E-state index in [1.165, 1.54) is 11.8 Å². The number of thioether (sulfide) groups is 1. The fourth-order valence-corrected chi connectivity index (χ4v) is 7.53. The number of fused-ring (bicyclic) bond motifs is 1. The monoisotopic (exact) mass is 897 g/mol. The average Bonchev–Trinajstić information content (AvgIpc) is 3.69. The number of amides is 6. The molecule has 4 rings (SSSR count). The Hall–Kier alpha value is -6.40. The van der Waals surface area contributed by atoms with E-state index in [-0.39, 0.29) is 38.2 Å². The molecule has 0 fully saturated rings. The zero-order chi connectivity index (χ0) is 46.6. The minimum absolute atomic E-state index is 0.0366. The fourth-order valence-electron chi connectivity index (χ4n) is 7.06. The minimum Gasteiger partial charge on any atom is -0.370 e. The average molecular weight is 898 g/mol. The van der Waals surface area contributed by atoms with Gasteiger partial charge in [0.05, 0.1) is 6.04 Å². The van der Waals surface area contributed by atoms with E-state index in [0.29, 0.717) is 25.0 Å². The van der Waals surface area contributed by atoms with Gasteiger partial charge in [-0.1, -0.05) is 99.1 Å². The van der Waals surface area contributed by atoms with E-state index in [2.05, 4.69) is 36.6 Å². The molecule has 1 aromatic heterocycles. The number of rotatable bonds is 26. The number of nitrogens with zero attached hydrogens (tertiary/aromatic N) is 1. The Labute approximate surface area is 378 Å². The third-order valence-corrected chi connectivity index (χ3v) is 11.6. The second kappa shape index (κ2) is 25.6. The quantitative estimate of drug-likeness (QED) is 0.0245. The summed E-state index contributed by atoms with van der Waals surface area (Å²) in [6.07, 6.45) is 5.23. The highest BCUT2D eigenvalue weighted by Gasteiger charge is 2.35. The van der Waals surface area contributed by atoms with Gasteiger partial charge in [0.1, 0.15) is 30.2 Å². The van der Waals surface area contributed by atoms with Crippen molar-refractivity contribution in [1.82, 2.24) is 31.6 Å². The summed E-state index contributed by atoms with van der Waals surface area (Å²) in [6, 6.07) is 19.0. The van der Waals surface area contributed by atoms with Gasteiger partial charge in [-0.3, -0.25) is 33.8 Å². The number of nitrogens with two attached hydrogens (primary N) is 4. The number of primary amides is 1. The topological polar surface area (TPSA) is 295 Å². The number of para-hydroxylation sites is 1. The molecule has 14 N–H and O–H groups in total. The molecule has 0 spiro atoms. The number of aliphatic imine (C=N–C) groups is 1. The number of carbonyl (C=O) groups excluding carboxylic acids is 6. The van der Waals surface area contributed by atoms with Crippen LogP contribution in [0.3, 0.4) is 0 Å². The van der Waals surface area contributed by atoms with Gasteiger partial charge in [-0.05, 0) is 59.9 Å². The lowest BCUT2D eigenvalue weighted by Crippen LogP contribution is -2.61. The van der Waals surface area contributed by atoms with E-state index in [0.717, 1.165) is 27.6 Å². The standard InChI is InChI=1S/C46H63N11O6S/c1-4-28(2)39(45(63)56-36(24-29-14-7-5-8-15-29)42(60)53-35(40(48)58)21-23-64-3)57-44(62)37(25-30-16-9-6-10-17-30)55-43(61)38(26-31-27-52-34-20-12-11-18-32(31)34)54-41(59)33(47)19-13-22-51-46(49)50/h5-12,14-18,20,27-28,33,35-39,52H,4,13,19,21-26,47H2,1-3H3,(H2,48,58)(H,53,60)(H,54,59)(H,55,61)(H,56,63)(H,57,62)(H4,49,50,51)/t28-,33+,35-,36-,37-,38+,39-/m1/s1. The first kappa shape index (κ1) is 50.2. The van der Waals surface area contributed by atoms with Crippen molar-refractivity contribution in [3.8, 4) is 0 Å². The summed E-state index contributed by atoms with van der Waals surface area (Å²) < 4.78 is 0. The van der Waals surface area contributed by atoms with Crippen LogP contribution in [0, 0.1) is 5.92 Å². The Bertz CT molecular complexity index is 2180. The molecular formula is C46H63N11O6S. The van der Waals surface area contributed by atoms with Gasteiger partial charge in [0.15, 0.2) is 5.96 Å². The van der Waals surface area contributed by atoms with Crippen molar-refractivity contribution >= 4 is 64.1 Å². The normalized spacial score (nSPS) is 14.4. The molecule has 0 unspecified atom stereocenters. The first-order valence-corrected chi connectivity index (χ1v) is 22.8. The van der Waals surface area contributed by atoms with Crippen LogP contribution in [-0.2, 0) is 48.0 Å². The second-order valence-corrected chi connectivity index (χ2v) is 16.8. The van der Waals surface area contributed by atoms with Crippen molar-refractivity contribution in [3.63, 3.8) is 0 Å². The molecule has 64 heavy (non-hydrogen) atoms. The van der Waals surface area contributed by atoms with E-state index >= 15 is 0 Å². The zero-order valence-corrected chi connectivity index (χ0v) is 37.5. The summed E-state index contributed by atoms with van der Waals surface area (Å²) >= 11 is 1.50. The number of hydrogen-bond acceptors (Lipinski definition) is 9. The highest BCUT2D eigenvalue weighted by Crippen LogP contribution is 2.20. The van der Waals surface area contributed by atoms with Gasteiger partial charge in [-0.2, -0.15) is 11.8 Å². The molecule has 0 saturated heterocycles. The summed E-state index contributed by atoms with van der Waals surface area (Å²) in [5.41, 5.74) is 25.8. The smallest absolute Gasteiger partial charge is 0.243 e. The molecule has 4 aromatic rings.